The SMILES string of the molecule is CN(CCC(C)(C)C)C(=O)CN1CCNCC1. The van der Waals surface area contributed by atoms with Gasteiger partial charge in [0.15, 0.2) is 0 Å². The molecule has 100 valence electrons. The first-order chi connectivity index (χ1) is 7.88. The van der Waals surface area contributed by atoms with Crippen molar-refractivity contribution in [1.29, 1.82) is 0 Å². The van der Waals surface area contributed by atoms with Crippen molar-refractivity contribution < 1.29 is 4.79 Å². The van der Waals surface area contributed by atoms with Crippen molar-refractivity contribution in [2.24, 2.45) is 5.41 Å². The van der Waals surface area contributed by atoms with Gasteiger partial charge < -0.3 is 10.2 Å². The molecule has 1 N–H and O–H groups in total. The third-order valence-corrected chi connectivity index (χ3v) is 3.19. The molecule has 1 fully saturated rings. The van der Waals surface area contributed by atoms with Crippen LogP contribution in [-0.4, -0.2) is 62.0 Å². The maximum Gasteiger partial charge on any atom is 0.236 e. The van der Waals surface area contributed by atoms with E-state index in [9.17, 15) is 4.79 Å². The minimum Gasteiger partial charge on any atom is -0.345 e. The zero-order chi connectivity index (χ0) is 12.9. The molecule has 0 aromatic carbocycles. The van der Waals surface area contributed by atoms with Crippen LogP contribution in [0.15, 0.2) is 0 Å². The van der Waals surface area contributed by atoms with Gasteiger partial charge in [-0.05, 0) is 11.8 Å². The number of nitrogens with zero attached hydrogens (tertiary/aromatic N) is 2. The number of nitrogens with one attached hydrogen (secondary N) is 1. The van der Waals surface area contributed by atoms with E-state index in [0.29, 0.717) is 12.0 Å². The molecule has 0 aromatic heterocycles. The fourth-order valence-corrected chi connectivity index (χ4v) is 1.81. The molecule has 4 nitrogen and oxygen atoms in total. The molecule has 1 aliphatic rings. The van der Waals surface area contributed by atoms with Crippen LogP contribution in [0.25, 0.3) is 0 Å². The first-order valence-corrected chi connectivity index (χ1v) is 6.55. The lowest BCUT2D eigenvalue weighted by atomic mass is 9.92. The number of carbonyl (C=O) groups excluding carboxylic acids is 1. The van der Waals surface area contributed by atoms with Crippen LogP contribution in [0.3, 0.4) is 0 Å². The third kappa shape index (κ3) is 6.03. The van der Waals surface area contributed by atoms with Crippen molar-refractivity contribution in [3.05, 3.63) is 0 Å². The summed E-state index contributed by atoms with van der Waals surface area (Å²) in [4.78, 5) is 16.1. The largest absolute Gasteiger partial charge is 0.345 e. The molecule has 0 bridgehead atoms. The highest BCUT2D eigenvalue weighted by molar-refractivity contribution is 5.77. The molecular weight excluding hydrogens is 214 g/mol. The van der Waals surface area contributed by atoms with Gasteiger partial charge in [-0.3, -0.25) is 9.69 Å². The van der Waals surface area contributed by atoms with E-state index in [1.807, 2.05) is 11.9 Å². The summed E-state index contributed by atoms with van der Waals surface area (Å²) < 4.78 is 0. The third-order valence-electron chi connectivity index (χ3n) is 3.19. The van der Waals surface area contributed by atoms with Crippen LogP contribution in [0.1, 0.15) is 27.2 Å². The van der Waals surface area contributed by atoms with Gasteiger partial charge in [0.05, 0.1) is 6.54 Å². The Morgan fingerprint density at radius 3 is 2.41 bits per heavy atom. The zero-order valence-corrected chi connectivity index (χ0v) is 11.8. The lowest BCUT2D eigenvalue weighted by molar-refractivity contribution is -0.131. The molecule has 0 saturated carbocycles. The van der Waals surface area contributed by atoms with Crippen LogP contribution >= 0.6 is 0 Å². The predicted molar refractivity (Wildman–Crippen MR) is 71.0 cm³/mol. The van der Waals surface area contributed by atoms with E-state index in [1.165, 1.54) is 0 Å². The van der Waals surface area contributed by atoms with Crippen molar-refractivity contribution in [3.8, 4) is 0 Å². The van der Waals surface area contributed by atoms with Crippen LogP contribution < -0.4 is 5.32 Å². The number of hydrogen-bond acceptors (Lipinski definition) is 3. The second kappa shape index (κ2) is 6.36. The number of rotatable bonds is 4. The average molecular weight is 241 g/mol. The maximum absolute atomic E-state index is 12.0. The summed E-state index contributed by atoms with van der Waals surface area (Å²) in [6.07, 6.45) is 1.05. The topological polar surface area (TPSA) is 35.6 Å². The minimum absolute atomic E-state index is 0.246. The summed E-state index contributed by atoms with van der Waals surface area (Å²) in [5.74, 6) is 0.246. The number of amides is 1. The van der Waals surface area contributed by atoms with E-state index in [-0.39, 0.29) is 5.91 Å². The summed E-state index contributed by atoms with van der Waals surface area (Å²) in [6.45, 7) is 12.0. The van der Waals surface area contributed by atoms with Gasteiger partial charge in [0.1, 0.15) is 0 Å². The summed E-state index contributed by atoms with van der Waals surface area (Å²) >= 11 is 0. The minimum atomic E-state index is 0.246. The second-order valence-electron chi connectivity index (χ2n) is 6.15. The Morgan fingerprint density at radius 1 is 1.29 bits per heavy atom. The second-order valence-corrected chi connectivity index (χ2v) is 6.15. The molecule has 1 saturated heterocycles. The molecule has 0 atom stereocenters. The van der Waals surface area contributed by atoms with E-state index in [4.69, 9.17) is 0 Å². The van der Waals surface area contributed by atoms with Gasteiger partial charge in [0, 0.05) is 39.8 Å². The molecule has 0 unspecified atom stereocenters. The highest BCUT2D eigenvalue weighted by Gasteiger charge is 2.18. The Bertz CT molecular complexity index is 242. The highest BCUT2D eigenvalue weighted by atomic mass is 16.2. The fourth-order valence-electron chi connectivity index (χ4n) is 1.81. The van der Waals surface area contributed by atoms with Gasteiger partial charge in [0.25, 0.3) is 0 Å². The predicted octanol–water partition coefficient (Wildman–Crippen LogP) is 0.786. The Morgan fingerprint density at radius 2 is 1.88 bits per heavy atom. The monoisotopic (exact) mass is 241 g/mol. The molecule has 17 heavy (non-hydrogen) atoms. The average Bonchev–Trinajstić information content (AvgIpc) is 2.26. The standard InChI is InChI=1S/C13H27N3O/c1-13(2,3)5-8-15(4)12(17)11-16-9-6-14-7-10-16/h14H,5-11H2,1-4H3. The Kier molecular flexibility index (Phi) is 5.40. The van der Waals surface area contributed by atoms with Crippen LogP contribution in [0, 0.1) is 5.41 Å². The molecule has 1 aliphatic heterocycles. The summed E-state index contributed by atoms with van der Waals surface area (Å²) in [5.41, 5.74) is 0.295. The molecule has 4 heteroatoms. The first-order valence-electron chi connectivity index (χ1n) is 6.55. The lowest BCUT2D eigenvalue weighted by Crippen LogP contribution is -2.48. The summed E-state index contributed by atoms with van der Waals surface area (Å²) in [5, 5.41) is 3.30. The Balaban J connectivity index is 2.26. The van der Waals surface area contributed by atoms with E-state index < -0.39 is 0 Å². The lowest BCUT2D eigenvalue weighted by Gasteiger charge is -2.29. The normalized spacial score (nSPS) is 18.1. The van der Waals surface area contributed by atoms with E-state index in [0.717, 1.165) is 39.1 Å². The van der Waals surface area contributed by atoms with Crippen LogP contribution in [0.4, 0.5) is 0 Å². The van der Waals surface area contributed by atoms with Crippen molar-refractivity contribution in [3.63, 3.8) is 0 Å². The van der Waals surface area contributed by atoms with Crippen molar-refractivity contribution >= 4 is 5.91 Å². The summed E-state index contributed by atoms with van der Waals surface area (Å²) in [7, 11) is 1.91. The Labute approximate surface area is 105 Å². The van der Waals surface area contributed by atoms with Crippen molar-refractivity contribution in [1.82, 2.24) is 15.1 Å². The van der Waals surface area contributed by atoms with Gasteiger partial charge in [-0.15, -0.1) is 0 Å². The number of likely N-dealkylation sites (N-methyl/N-ethyl adjacent to an activating group) is 1. The quantitative estimate of drug-likeness (QED) is 0.790. The van der Waals surface area contributed by atoms with E-state index in [2.05, 4.69) is 31.0 Å². The van der Waals surface area contributed by atoms with Crippen molar-refractivity contribution in [2.45, 2.75) is 27.2 Å². The number of piperazine rings is 1. The molecule has 0 aliphatic carbocycles. The van der Waals surface area contributed by atoms with Crippen LogP contribution in [-0.2, 0) is 4.79 Å². The molecular formula is C13H27N3O. The number of carbonyl (C=O) groups is 1. The molecule has 1 rings (SSSR count). The number of hydrogen-bond donors (Lipinski definition) is 1. The van der Waals surface area contributed by atoms with E-state index in [1.54, 1.807) is 0 Å². The fraction of sp³-hybridized carbons (Fsp3) is 0.923. The molecule has 0 aromatic rings. The smallest absolute Gasteiger partial charge is 0.236 e. The van der Waals surface area contributed by atoms with Gasteiger partial charge >= 0.3 is 0 Å². The van der Waals surface area contributed by atoms with Gasteiger partial charge in [-0.2, -0.15) is 0 Å². The molecule has 1 heterocycles. The maximum atomic E-state index is 12.0. The highest BCUT2D eigenvalue weighted by Crippen LogP contribution is 2.18. The molecule has 0 spiro atoms. The Hall–Kier alpha value is -0.610. The van der Waals surface area contributed by atoms with Crippen LogP contribution in [0.5, 0.6) is 0 Å². The van der Waals surface area contributed by atoms with Gasteiger partial charge in [-0.25, -0.2) is 0 Å². The van der Waals surface area contributed by atoms with Crippen LogP contribution in [0.2, 0.25) is 0 Å². The van der Waals surface area contributed by atoms with Gasteiger partial charge in [0.2, 0.25) is 5.91 Å². The molecule has 1 amide bonds. The summed E-state index contributed by atoms with van der Waals surface area (Å²) in [6, 6.07) is 0. The molecule has 0 radical (unpaired) electrons. The van der Waals surface area contributed by atoms with E-state index >= 15 is 0 Å². The first kappa shape index (κ1) is 14.5. The van der Waals surface area contributed by atoms with Gasteiger partial charge in [-0.1, -0.05) is 20.8 Å². The van der Waals surface area contributed by atoms with Crippen molar-refractivity contribution in [2.75, 3.05) is 46.3 Å². The zero-order valence-electron chi connectivity index (χ0n) is 11.8.